The average molecular weight is 257 g/mol. The Morgan fingerprint density at radius 2 is 2.35 bits per heavy atom. The topological polar surface area (TPSA) is 96.7 Å². The van der Waals surface area contributed by atoms with E-state index in [9.17, 15) is 4.79 Å². The second kappa shape index (κ2) is 6.02. The number of nitrogens with two attached hydrogens (primary N) is 1. The Bertz CT molecular complexity index is 346. The van der Waals surface area contributed by atoms with E-state index in [1.807, 2.05) is 20.8 Å². The first-order valence-electron chi connectivity index (χ1n) is 5.43. The maximum atomic E-state index is 11.7. The summed E-state index contributed by atoms with van der Waals surface area (Å²) in [6, 6.07) is -0.487. The van der Waals surface area contributed by atoms with Crippen molar-refractivity contribution >= 4 is 17.7 Å². The fourth-order valence-corrected chi connectivity index (χ4v) is 1.74. The van der Waals surface area contributed by atoms with E-state index in [0.717, 1.165) is 10.8 Å². The third-order valence-corrected chi connectivity index (χ3v) is 3.16. The number of hydrogen-bond donors (Lipinski definition) is 3. The van der Waals surface area contributed by atoms with Crippen LogP contribution in [-0.4, -0.2) is 39.7 Å². The van der Waals surface area contributed by atoms with Crippen LogP contribution in [-0.2, 0) is 4.79 Å². The van der Waals surface area contributed by atoms with Crippen LogP contribution in [0.3, 0.4) is 0 Å². The summed E-state index contributed by atoms with van der Waals surface area (Å²) in [6.45, 7) is 6.41. The molecule has 4 N–H and O–H groups in total. The molecule has 7 heteroatoms. The number of carbonyl (C=O) groups is 1. The highest BCUT2D eigenvalue weighted by molar-refractivity contribution is 7.99. The minimum Gasteiger partial charge on any atom is -0.354 e. The van der Waals surface area contributed by atoms with E-state index in [1.165, 1.54) is 11.8 Å². The summed E-state index contributed by atoms with van der Waals surface area (Å²) in [4.78, 5) is 11.7. The Balaban J connectivity index is 2.20. The molecule has 1 aromatic rings. The summed E-state index contributed by atoms with van der Waals surface area (Å²) in [5, 5.41) is 13.7. The normalized spacial score (nSPS) is 13.4. The molecule has 1 rings (SSSR count). The van der Waals surface area contributed by atoms with Gasteiger partial charge in [-0.2, -0.15) is 10.3 Å². The van der Waals surface area contributed by atoms with Gasteiger partial charge in [0, 0.05) is 12.3 Å². The molecule has 0 bridgehead atoms. The Morgan fingerprint density at radius 1 is 1.65 bits per heavy atom. The standard InChI is InChI=1S/C10H19N5OS/c1-10(2,3)8(11)9(16)12-4-5-17-7-6-13-15-14-7/h6,8H,4-5,11H2,1-3H3,(H,12,16)(H,13,14,15)/t8-/m1/s1. The molecule has 0 radical (unpaired) electrons. The zero-order valence-corrected chi connectivity index (χ0v) is 11.2. The van der Waals surface area contributed by atoms with Gasteiger partial charge in [0.2, 0.25) is 5.91 Å². The van der Waals surface area contributed by atoms with Crippen LogP contribution in [0, 0.1) is 5.41 Å². The molecule has 96 valence electrons. The maximum Gasteiger partial charge on any atom is 0.237 e. The highest BCUT2D eigenvalue weighted by Crippen LogP contribution is 2.17. The van der Waals surface area contributed by atoms with Crippen LogP contribution in [0.15, 0.2) is 11.2 Å². The van der Waals surface area contributed by atoms with Gasteiger partial charge in [-0.15, -0.1) is 16.9 Å². The third kappa shape index (κ3) is 4.74. The zero-order chi connectivity index (χ0) is 12.9. The van der Waals surface area contributed by atoms with Crippen LogP contribution in [0.5, 0.6) is 0 Å². The third-order valence-electron chi connectivity index (χ3n) is 2.26. The lowest BCUT2D eigenvalue weighted by Crippen LogP contribution is -2.49. The summed E-state index contributed by atoms with van der Waals surface area (Å²) in [7, 11) is 0. The quantitative estimate of drug-likeness (QED) is 0.523. The molecule has 0 aliphatic rings. The van der Waals surface area contributed by atoms with E-state index in [-0.39, 0.29) is 11.3 Å². The van der Waals surface area contributed by atoms with E-state index >= 15 is 0 Å². The van der Waals surface area contributed by atoms with E-state index in [1.54, 1.807) is 6.20 Å². The van der Waals surface area contributed by atoms with Gasteiger partial charge in [0.25, 0.3) is 0 Å². The second-order valence-electron chi connectivity index (χ2n) is 4.79. The first-order chi connectivity index (χ1) is 7.91. The highest BCUT2D eigenvalue weighted by Gasteiger charge is 2.26. The first kappa shape index (κ1) is 14.0. The lowest BCUT2D eigenvalue weighted by Gasteiger charge is -2.25. The summed E-state index contributed by atoms with van der Waals surface area (Å²) in [6.07, 6.45) is 1.65. The number of amides is 1. The first-order valence-corrected chi connectivity index (χ1v) is 6.41. The van der Waals surface area contributed by atoms with Crippen molar-refractivity contribution in [2.45, 2.75) is 31.8 Å². The molecule has 1 aromatic heterocycles. The van der Waals surface area contributed by atoms with Crippen molar-refractivity contribution in [3.63, 3.8) is 0 Å². The van der Waals surface area contributed by atoms with Gasteiger partial charge in [-0.05, 0) is 5.41 Å². The smallest absolute Gasteiger partial charge is 0.237 e. The highest BCUT2D eigenvalue weighted by atomic mass is 32.2. The molecule has 6 nitrogen and oxygen atoms in total. The van der Waals surface area contributed by atoms with E-state index in [0.29, 0.717) is 6.54 Å². The van der Waals surface area contributed by atoms with Crippen molar-refractivity contribution in [2.24, 2.45) is 11.1 Å². The van der Waals surface area contributed by atoms with Crippen LogP contribution in [0.25, 0.3) is 0 Å². The number of aromatic nitrogens is 3. The SMILES string of the molecule is CC(C)(C)[C@H](N)C(=O)NCCSc1cn[nH]n1. The molecule has 0 saturated carbocycles. The fraction of sp³-hybridized carbons (Fsp3) is 0.700. The van der Waals surface area contributed by atoms with Crippen LogP contribution >= 0.6 is 11.8 Å². The molecular formula is C10H19N5OS. The predicted octanol–water partition coefficient (Wildman–Crippen LogP) is 0.386. The Hall–Kier alpha value is -1.08. The Labute approximate surface area is 105 Å². The van der Waals surface area contributed by atoms with Crippen molar-refractivity contribution in [3.05, 3.63) is 6.20 Å². The van der Waals surface area contributed by atoms with Gasteiger partial charge in [-0.3, -0.25) is 4.79 Å². The van der Waals surface area contributed by atoms with Crippen LogP contribution in [0.1, 0.15) is 20.8 Å². The molecule has 0 fully saturated rings. The molecule has 1 amide bonds. The molecule has 0 unspecified atom stereocenters. The zero-order valence-electron chi connectivity index (χ0n) is 10.4. The molecule has 0 aliphatic heterocycles. The molecule has 0 aliphatic carbocycles. The number of H-pyrrole nitrogens is 1. The minimum atomic E-state index is -0.487. The number of hydrogen-bond acceptors (Lipinski definition) is 5. The van der Waals surface area contributed by atoms with Gasteiger partial charge in [0.1, 0.15) is 5.03 Å². The van der Waals surface area contributed by atoms with Gasteiger partial charge in [-0.25, -0.2) is 0 Å². The number of thioether (sulfide) groups is 1. The number of nitrogens with one attached hydrogen (secondary N) is 2. The summed E-state index contributed by atoms with van der Waals surface area (Å²) in [5.41, 5.74) is 5.61. The van der Waals surface area contributed by atoms with Gasteiger partial charge < -0.3 is 11.1 Å². The van der Waals surface area contributed by atoms with Crippen molar-refractivity contribution in [1.29, 1.82) is 0 Å². The van der Waals surface area contributed by atoms with Crippen molar-refractivity contribution < 1.29 is 4.79 Å². The van der Waals surface area contributed by atoms with E-state index < -0.39 is 6.04 Å². The Kier molecular flexibility index (Phi) is 4.95. The predicted molar refractivity (Wildman–Crippen MR) is 67.5 cm³/mol. The summed E-state index contributed by atoms with van der Waals surface area (Å²) in [5.74, 6) is 0.632. The molecule has 0 saturated heterocycles. The molecule has 1 atom stereocenters. The number of nitrogens with zero attached hydrogens (tertiary/aromatic N) is 2. The fourth-order valence-electron chi connectivity index (χ4n) is 1.09. The van der Waals surface area contributed by atoms with Gasteiger partial charge >= 0.3 is 0 Å². The minimum absolute atomic E-state index is 0.113. The largest absolute Gasteiger partial charge is 0.354 e. The molecule has 0 aromatic carbocycles. The van der Waals surface area contributed by atoms with Gasteiger partial charge in [0.05, 0.1) is 12.2 Å². The van der Waals surface area contributed by atoms with Crippen LogP contribution < -0.4 is 11.1 Å². The van der Waals surface area contributed by atoms with E-state index in [2.05, 4.69) is 20.7 Å². The monoisotopic (exact) mass is 257 g/mol. The number of aromatic amines is 1. The molecular weight excluding hydrogens is 238 g/mol. The lowest BCUT2D eigenvalue weighted by molar-refractivity contribution is -0.124. The molecule has 0 spiro atoms. The van der Waals surface area contributed by atoms with Gasteiger partial charge in [-0.1, -0.05) is 20.8 Å². The van der Waals surface area contributed by atoms with E-state index in [4.69, 9.17) is 5.73 Å². The average Bonchev–Trinajstić information content (AvgIpc) is 2.74. The lowest BCUT2D eigenvalue weighted by atomic mass is 9.87. The Morgan fingerprint density at radius 3 is 2.88 bits per heavy atom. The van der Waals surface area contributed by atoms with Gasteiger partial charge in [0.15, 0.2) is 0 Å². The maximum absolute atomic E-state index is 11.7. The van der Waals surface area contributed by atoms with Crippen LogP contribution in [0.4, 0.5) is 0 Å². The number of carbonyl (C=O) groups excluding carboxylic acids is 1. The van der Waals surface area contributed by atoms with Crippen LogP contribution in [0.2, 0.25) is 0 Å². The van der Waals surface area contributed by atoms with Crippen molar-refractivity contribution in [2.75, 3.05) is 12.3 Å². The summed E-state index contributed by atoms with van der Waals surface area (Å²) < 4.78 is 0. The molecule has 17 heavy (non-hydrogen) atoms. The van der Waals surface area contributed by atoms with Crippen molar-refractivity contribution in [3.8, 4) is 0 Å². The summed E-state index contributed by atoms with van der Waals surface area (Å²) >= 11 is 1.53. The van der Waals surface area contributed by atoms with Crippen molar-refractivity contribution in [1.82, 2.24) is 20.7 Å². The second-order valence-corrected chi connectivity index (χ2v) is 5.91. The molecule has 1 heterocycles. The number of rotatable bonds is 5.